The lowest BCUT2D eigenvalue weighted by atomic mass is 10.1. The maximum Gasteiger partial charge on any atom is 0.224 e. The predicted molar refractivity (Wildman–Crippen MR) is 74.1 cm³/mol. The van der Waals surface area contributed by atoms with Gasteiger partial charge in [0.25, 0.3) is 0 Å². The molecule has 0 aromatic heterocycles. The molecule has 3 N–H and O–H groups in total. The average Bonchev–Trinajstić information content (AvgIpc) is 2.43. The van der Waals surface area contributed by atoms with Gasteiger partial charge < -0.3 is 11.1 Å². The molecule has 2 aromatic rings. The molecule has 6 heteroatoms. The van der Waals surface area contributed by atoms with E-state index in [9.17, 15) is 18.0 Å². The van der Waals surface area contributed by atoms with E-state index in [1.165, 1.54) is 0 Å². The van der Waals surface area contributed by atoms with Crippen LogP contribution >= 0.6 is 0 Å². The molecule has 2 rings (SSSR count). The minimum absolute atomic E-state index is 0.0570. The third kappa shape index (κ3) is 3.98. The van der Waals surface area contributed by atoms with Crippen LogP contribution in [0.3, 0.4) is 0 Å². The lowest BCUT2D eigenvalue weighted by molar-refractivity contribution is -0.116. The van der Waals surface area contributed by atoms with Gasteiger partial charge in [0.2, 0.25) is 5.91 Å². The van der Waals surface area contributed by atoms with Gasteiger partial charge in [-0.25, -0.2) is 13.2 Å². The number of hydrogen-bond acceptors (Lipinski definition) is 2. The van der Waals surface area contributed by atoms with E-state index in [0.717, 1.165) is 11.6 Å². The first-order chi connectivity index (χ1) is 9.95. The van der Waals surface area contributed by atoms with Gasteiger partial charge in [0, 0.05) is 24.2 Å². The first-order valence-electron chi connectivity index (χ1n) is 6.24. The van der Waals surface area contributed by atoms with Crippen LogP contribution in [0.15, 0.2) is 36.4 Å². The van der Waals surface area contributed by atoms with Crippen molar-refractivity contribution >= 4 is 17.3 Å². The Kier molecular flexibility index (Phi) is 4.47. The molecule has 0 saturated heterocycles. The Morgan fingerprint density at radius 3 is 2.43 bits per heavy atom. The largest absolute Gasteiger partial charge is 0.399 e. The Morgan fingerprint density at radius 2 is 1.76 bits per heavy atom. The Balaban J connectivity index is 1.97. The highest BCUT2D eigenvalue weighted by molar-refractivity contribution is 5.91. The smallest absolute Gasteiger partial charge is 0.224 e. The minimum Gasteiger partial charge on any atom is -0.399 e. The molecule has 0 spiro atoms. The van der Waals surface area contributed by atoms with Crippen LogP contribution in [0.5, 0.6) is 0 Å². The topological polar surface area (TPSA) is 55.1 Å². The minimum atomic E-state index is -1.34. The van der Waals surface area contributed by atoms with Crippen LogP contribution in [0.4, 0.5) is 24.5 Å². The number of carbonyl (C=O) groups is 1. The molecule has 21 heavy (non-hydrogen) atoms. The van der Waals surface area contributed by atoms with Gasteiger partial charge in [-0.3, -0.25) is 4.79 Å². The van der Waals surface area contributed by atoms with E-state index >= 15 is 0 Å². The highest BCUT2D eigenvalue weighted by Crippen LogP contribution is 2.19. The molecule has 0 saturated carbocycles. The first kappa shape index (κ1) is 14.9. The number of halogens is 3. The fraction of sp³-hybridized carbons (Fsp3) is 0.133. The zero-order valence-electron chi connectivity index (χ0n) is 11.0. The van der Waals surface area contributed by atoms with Crippen molar-refractivity contribution < 1.29 is 18.0 Å². The molecule has 110 valence electrons. The molecule has 0 aliphatic heterocycles. The molecular weight excluding hydrogens is 281 g/mol. The van der Waals surface area contributed by atoms with Crippen LogP contribution in [-0.4, -0.2) is 5.91 Å². The van der Waals surface area contributed by atoms with E-state index < -0.39 is 29.0 Å². The maximum absolute atomic E-state index is 13.4. The van der Waals surface area contributed by atoms with Gasteiger partial charge in [0.15, 0.2) is 11.6 Å². The second-order valence-corrected chi connectivity index (χ2v) is 4.54. The molecular formula is C15H13F3N2O. The highest BCUT2D eigenvalue weighted by atomic mass is 19.2. The van der Waals surface area contributed by atoms with Gasteiger partial charge in [-0.05, 0) is 24.1 Å². The summed E-state index contributed by atoms with van der Waals surface area (Å²) in [6.07, 6.45) is 0.465. The van der Waals surface area contributed by atoms with Gasteiger partial charge in [-0.2, -0.15) is 0 Å². The Labute approximate surface area is 119 Å². The lowest BCUT2D eigenvalue weighted by Gasteiger charge is -2.07. The summed E-state index contributed by atoms with van der Waals surface area (Å²) < 4.78 is 39.4. The van der Waals surface area contributed by atoms with Crippen molar-refractivity contribution in [3.8, 4) is 0 Å². The zero-order chi connectivity index (χ0) is 15.4. The number of hydrogen-bond donors (Lipinski definition) is 2. The summed E-state index contributed by atoms with van der Waals surface area (Å²) >= 11 is 0. The number of aryl methyl sites for hydroxylation is 1. The van der Waals surface area contributed by atoms with Gasteiger partial charge in [0.05, 0.1) is 5.69 Å². The molecule has 2 aromatic carbocycles. The van der Waals surface area contributed by atoms with E-state index in [1.807, 2.05) is 0 Å². The second-order valence-electron chi connectivity index (χ2n) is 4.54. The van der Waals surface area contributed by atoms with Gasteiger partial charge in [-0.1, -0.05) is 12.1 Å². The Morgan fingerprint density at radius 1 is 1.10 bits per heavy atom. The molecule has 3 nitrogen and oxygen atoms in total. The summed E-state index contributed by atoms with van der Waals surface area (Å²) in [7, 11) is 0. The summed E-state index contributed by atoms with van der Waals surface area (Å²) in [5.41, 5.74) is 6.52. The SMILES string of the molecule is Nc1ccc(CCC(=O)Nc2cc(F)cc(F)c2F)cc1. The van der Waals surface area contributed by atoms with Crippen molar-refractivity contribution in [1.29, 1.82) is 0 Å². The van der Waals surface area contributed by atoms with Crippen molar-refractivity contribution in [2.75, 3.05) is 11.1 Å². The number of nitrogen functional groups attached to an aromatic ring is 1. The monoisotopic (exact) mass is 294 g/mol. The second kappa shape index (κ2) is 6.30. The normalized spacial score (nSPS) is 10.4. The van der Waals surface area contributed by atoms with Crippen LogP contribution in [0.2, 0.25) is 0 Å². The zero-order valence-corrected chi connectivity index (χ0v) is 11.0. The van der Waals surface area contributed by atoms with Crippen molar-refractivity contribution in [3.63, 3.8) is 0 Å². The van der Waals surface area contributed by atoms with E-state index in [4.69, 9.17) is 5.73 Å². The van der Waals surface area contributed by atoms with E-state index in [1.54, 1.807) is 24.3 Å². The third-order valence-corrected chi connectivity index (χ3v) is 2.89. The molecule has 0 aliphatic rings. The maximum atomic E-state index is 13.4. The summed E-state index contributed by atoms with van der Waals surface area (Å²) in [6.45, 7) is 0. The number of amides is 1. The number of nitrogens with one attached hydrogen (secondary N) is 1. The summed E-state index contributed by atoms with van der Waals surface area (Å²) in [6, 6.07) is 8.10. The summed E-state index contributed by atoms with van der Waals surface area (Å²) in [5, 5.41) is 2.15. The molecule has 1 amide bonds. The quantitative estimate of drug-likeness (QED) is 0.671. The predicted octanol–water partition coefficient (Wildman–Crippen LogP) is 3.26. The summed E-state index contributed by atoms with van der Waals surface area (Å²) in [5.74, 6) is -4.11. The van der Waals surface area contributed by atoms with Crippen molar-refractivity contribution in [2.45, 2.75) is 12.8 Å². The molecule has 0 heterocycles. The summed E-state index contributed by atoms with van der Waals surface area (Å²) in [4.78, 5) is 11.7. The van der Waals surface area contributed by atoms with E-state index in [2.05, 4.69) is 5.32 Å². The first-order valence-corrected chi connectivity index (χ1v) is 6.24. The van der Waals surface area contributed by atoms with E-state index in [-0.39, 0.29) is 6.42 Å². The Hall–Kier alpha value is -2.50. The lowest BCUT2D eigenvalue weighted by Crippen LogP contribution is -2.14. The number of benzene rings is 2. The number of nitrogens with two attached hydrogens (primary N) is 1. The van der Waals surface area contributed by atoms with Gasteiger partial charge >= 0.3 is 0 Å². The standard InChI is InChI=1S/C15H13F3N2O/c16-10-7-12(17)15(18)13(8-10)20-14(21)6-3-9-1-4-11(19)5-2-9/h1-2,4-5,7-8H,3,6,19H2,(H,20,21). The Bertz CT molecular complexity index is 657. The highest BCUT2D eigenvalue weighted by Gasteiger charge is 2.13. The average molecular weight is 294 g/mol. The molecule has 0 radical (unpaired) electrons. The molecule has 0 bridgehead atoms. The fourth-order valence-electron chi connectivity index (χ4n) is 1.80. The molecule has 0 atom stereocenters. The van der Waals surface area contributed by atoms with E-state index in [0.29, 0.717) is 18.2 Å². The third-order valence-electron chi connectivity index (χ3n) is 2.89. The van der Waals surface area contributed by atoms with Crippen molar-refractivity contribution in [2.24, 2.45) is 0 Å². The van der Waals surface area contributed by atoms with Crippen LogP contribution < -0.4 is 11.1 Å². The van der Waals surface area contributed by atoms with Crippen LogP contribution in [-0.2, 0) is 11.2 Å². The molecule has 0 unspecified atom stereocenters. The number of carbonyl (C=O) groups excluding carboxylic acids is 1. The number of rotatable bonds is 4. The van der Waals surface area contributed by atoms with Crippen molar-refractivity contribution in [1.82, 2.24) is 0 Å². The van der Waals surface area contributed by atoms with Crippen LogP contribution in [0, 0.1) is 17.5 Å². The van der Waals surface area contributed by atoms with Gasteiger partial charge in [0.1, 0.15) is 5.82 Å². The fourth-order valence-corrected chi connectivity index (χ4v) is 1.80. The molecule has 0 fully saturated rings. The van der Waals surface area contributed by atoms with Crippen LogP contribution in [0.25, 0.3) is 0 Å². The molecule has 0 aliphatic carbocycles. The van der Waals surface area contributed by atoms with Gasteiger partial charge in [-0.15, -0.1) is 0 Å². The van der Waals surface area contributed by atoms with Crippen molar-refractivity contribution in [3.05, 3.63) is 59.4 Å². The van der Waals surface area contributed by atoms with Crippen LogP contribution in [0.1, 0.15) is 12.0 Å². The number of anilines is 2.